The third-order valence-corrected chi connectivity index (χ3v) is 4.42. The fourth-order valence-corrected chi connectivity index (χ4v) is 3.07. The highest BCUT2D eigenvalue weighted by Gasteiger charge is 2.25. The first-order chi connectivity index (χ1) is 15.0. The molecule has 2 heterocycles. The molecule has 0 aromatic heterocycles. The summed E-state index contributed by atoms with van der Waals surface area (Å²) in [5.74, 6) is -1.37. The molecule has 2 aromatic carbocycles. The Morgan fingerprint density at radius 3 is 1.00 bits per heavy atom. The van der Waals surface area contributed by atoms with Crippen LogP contribution in [0.2, 0.25) is 0 Å². The van der Waals surface area contributed by atoms with Crippen molar-refractivity contribution in [2.45, 2.75) is 34.1 Å². The van der Waals surface area contributed by atoms with E-state index in [0.717, 1.165) is 20.9 Å². The highest BCUT2D eigenvalue weighted by Crippen LogP contribution is 2.23. The second-order valence-corrected chi connectivity index (χ2v) is 6.20. The summed E-state index contributed by atoms with van der Waals surface area (Å²) in [6.45, 7) is 8.00. The van der Waals surface area contributed by atoms with Gasteiger partial charge in [0.1, 0.15) is 0 Å². The molecule has 0 saturated heterocycles. The molecule has 31 heavy (non-hydrogen) atoms. The molecular weight excluding hydrogens is 392 g/mol. The van der Waals surface area contributed by atoms with Crippen LogP contribution in [0.3, 0.4) is 0 Å². The summed E-state index contributed by atoms with van der Waals surface area (Å²) >= 11 is 0. The maximum absolute atomic E-state index is 11.7. The number of carbonyl (C=O) groups excluding carboxylic acids is 4. The summed E-state index contributed by atoms with van der Waals surface area (Å²) in [5.41, 5.74) is 3.09. The summed E-state index contributed by atoms with van der Waals surface area (Å²) in [6.07, 6.45) is 5.65. The lowest BCUT2D eigenvalue weighted by molar-refractivity contribution is -0.121. The Morgan fingerprint density at radius 1 is 0.484 bits per heavy atom. The van der Waals surface area contributed by atoms with E-state index >= 15 is 0 Å². The molecule has 0 spiro atoms. The SMILES string of the molecule is CC.CC.O=C1C=CC(=O)N1c1ccc(Cc2ccc(N3C(=O)C=CC3=O)cc2)cc1. The minimum absolute atomic E-state index is 0.344. The molecule has 0 atom stereocenters. The van der Waals surface area contributed by atoms with E-state index in [4.69, 9.17) is 0 Å². The number of anilines is 2. The highest BCUT2D eigenvalue weighted by molar-refractivity contribution is 6.28. The molecule has 160 valence electrons. The van der Waals surface area contributed by atoms with Crippen molar-refractivity contribution < 1.29 is 19.2 Å². The monoisotopic (exact) mass is 418 g/mol. The molecule has 6 heteroatoms. The smallest absolute Gasteiger partial charge is 0.258 e. The first kappa shape index (κ1) is 23.5. The topological polar surface area (TPSA) is 74.8 Å². The third kappa shape index (κ3) is 5.22. The Kier molecular flexibility index (Phi) is 8.20. The first-order valence-electron chi connectivity index (χ1n) is 10.3. The lowest BCUT2D eigenvalue weighted by atomic mass is 10.0. The van der Waals surface area contributed by atoms with Crippen LogP contribution in [0.1, 0.15) is 38.8 Å². The van der Waals surface area contributed by atoms with E-state index in [1.165, 1.54) is 24.3 Å². The van der Waals surface area contributed by atoms with Crippen molar-refractivity contribution in [1.29, 1.82) is 0 Å². The molecule has 0 bridgehead atoms. The van der Waals surface area contributed by atoms with Gasteiger partial charge in [-0.2, -0.15) is 0 Å². The van der Waals surface area contributed by atoms with Crippen molar-refractivity contribution in [2.75, 3.05) is 9.80 Å². The van der Waals surface area contributed by atoms with Crippen molar-refractivity contribution in [3.05, 3.63) is 84.0 Å². The maximum atomic E-state index is 11.7. The van der Waals surface area contributed by atoms with Crippen LogP contribution < -0.4 is 9.80 Å². The minimum Gasteiger partial charge on any atom is -0.269 e. The summed E-state index contributed by atoms with van der Waals surface area (Å²) in [4.78, 5) is 49.1. The van der Waals surface area contributed by atoms with E-state index in [2.05, 4.69) is 0 Å². The lowest BCUT2D eigenvalue weighted by Crippen LogP contribution is -2.29. The van der Waals surface area contributed by atoms with Crippen LogP contribution in [0.4, 0.5) is 11.4 Å². The van der Waals surface area contributed by atoms with Crippen molar-refractivity contribution in [1.82, 2.24) is 0 Å². The van der Waals surface area contributed by atoms with Gasteiger partial charge in [0.2, 0.25) is 0 Å². The van der Waals surface area contributed by atoms with Gasteiger partial charge in [0, 0.05) is 24.3 Å². The van der Waals surface area contributed by atoms with Crippen LogP contribution >= 0.6 is 0 Å². The standard InChI is InChI=1S/C21H14N2O4.2C2H6/c24-18-9-10-19(25)22(18)16-5-1-14(2-6-16)13-15-3-7-17(8-4-15)23-20(26)11-12-21(23)27;2*1-2/h1-12H,13H2;2*1-2H3. The van der Waals surface area contributed by atoms with Crippen LogP contribution in [0.25, 0.3) is 0 Å². The van der Waals surface area contributed by atoms with E-state index in [1.54, 1.807) is 24.3 Å². The zero-order valence-corrected chi connectivity index (χ0v) is 18.2. The lowest BCUT2D eigenvalue weighted by Gasteiger charge is -2.15. The zero-order chi connectivity index (χ0) is 23.0. The van der Waals surface area contributed by atoms with Gasteiger partial charge in [0.15, 0.2) is 0 Å². The molecule has 2 aromatic rings. The van der Waals surface area contributed by atoms with Crippen LogP contribution in [-0.4, -0.2) is 23.6 Å². The fourth-order valence-electron chi connectivity index (χ4n) is 3.07. The molecular formula is C25H26N2O4. The normalized spacial score (nSPS) is 14.5. The molecule has 0 fully saturated rings. The predicted molar refractivity (Wildman–Crippen MR) is 122 cm³/mol. The maximum Gasteiger partial charge on any atom is 0.258 e. The van der Waals surface area contributed by atoms with Gasteiger partial charge < -0.3 is 0 Å². The van der Waals surface area contributed by atoms with Crippen molar-refractivity contribution in [3.63, 3.8) is 0 Å². The average Bonchev–Trinajstić information content (AvgIpc) is 3.32. The van der Waals surface area contributed by atoms with Gasteiger partial charge in [-0.1, -0.05) is 52.0 Å². The highest BCUT2D eigenvalue weighted by atomic mass is 16.2. The summed E-state index contributed by atoms with van der Waals surface area (Å²) in [6, 6.07) is 14.4. The number of benzene rings is 2. The summed E-state index contributed by atoms with van der Waals surface area (Å²) in [7, 11) is 0. The number of rotatable bonds is 4. The molecule has 2 aliphatic heterocycles. The Bertz CT molecular complexity index is 899. The summed E-state index contributed by atoms with van der Waals surface area (Å²) < 4.78 is 0. The quantitative estimate of drug-likeness (QED) is 0.698. The molecule has 4 rings (SSSR count). The average molecular weight is 418 g/mol. The molecule has 4 amide bonds. The van der Waals surface area contributed by atoms with Gasteiger partial charge in [0.25, 0.3) is 23.6 Å². The summed E-state index contributed by atoms with van der Waals surface area (Å²) in [5, 5.41) is 0. The van der Waals surface area contributed by atoms with Crippen molar-refractivity contribution in [3.8, 4) is 0 Å². The Morgan fingerprint density at radius 2 is 0.742 bits per heavy atom. The van der Waals surface area contributed by atoms with Crippen LogP contribution in [0, 0.1) is 0 Å². The number of hydrogen-bond donors (Lipinski definition) is 0. The van der Waals surface area contributed by atoms with Crippen LogP contribution in [0.5, 0.6) is 0 Å². The van der Waals surface area contributed by atoms with E-state index < -0.39 is 0 Å². The van der Waals surface area contributed by atoms with Crippen LogP contribution in [0.15, 0.2) is 72.8 Å². The molecule has 2 aliphatic rings. The van der Waals surface area contributed by atoms with Gasteiger partial charge >= 0.3 is 0 Å². The van der Waals surface area contributed by atoms with Gasteiger partial charge in [-0.25, -0.2) is 9.80 Å². The Hall–Kier alpha value is -3.80. The van der Waals surface area contributed by atoms with Gasteiger partial charge in [-0.3, -0.25) is 19.2 Å². The largest absolute Gasteiger partial charge is 0.269 e. The van der Waals surface area contributed by atoms with Gasteiger partial charge in [-0.15, -0.1) is 0 Å². The van der Waals surface area contributed by atoms with E-state index in [-0.39, 0.29) is 23.6 Å². The number of amides is 4. The number of carbonyl (C=O) groups is 4. The molecule has 0 N–H and O–H groups in total. The predicted octanol–water partition coefficient (Wildman–Crippen LogP) is 4.19. The fraction of sp³-hybridized carbons (Fsp3) is 0.200. The Balaban J connectivity index is 0.000000807. The third-order valence-electron chi connectivity index (χ3n) is 4.42. The number of hydrogen-bond acceptors (Lipinski definition) is 4. The minimum atomic E-state index is -0.344. The van der Waals surface area contributed by atoms with Crippen molar-refractivity contribution >= 4 is 35.0 Å². The van der Waals surface area contributed by atoms with Crippen LogP contribution in [-0.2, 0) is 25.6 Å². The molecule has 0 unspecified atom stereocenters. The number of imide groups is 2. The van der Waals surface area contributed by atoms with E-state index in [9.17, 15) is 19.2 Å². The van der Waals surface area contributed by atoms with Gasteiger partial charge in [0.05, 0.1) is 11.4 Å². The van der Waals surface area contributed by atoms with E-state index in [1.807, 2.05) is 52.0 Å². The molecule has 0 aliphatic carbocycles. The second-order valence-electron chi connectivity index (χ2n) is 6.20. The van der Waals surface area contributed by atoms with E-state index in [0.29, 0.717) is 17.8 Å². The molecule has 0 radical (unpaired) electrons. The second kappa shape index (κ2) is 10.8. The molecule has 0 saturated carbocycles. The molecule has 6 nitrogen and oxygen atoms in total. The zero-order valence-electron chi connectivity index (χ0n) is 18.2. The van der Waals surface area contributed by atoms with Crippen molar-refractivity contribution in [2.24, 2.45) is 0 Å². The number of nitrogens with zero attached hydrogens (tertiary/aromatic N) is 2. The Labute approximate surface area is 182 Å². The first-order valence-corrected chi connectivity index (χ1v) is 10.3. The van der Waals surface area contributed by atoms with Gasteiger partial charge in [-0.05, 0) is 41.8 Å².